The highest BCUT2D eigenvalue weighted by Crippen LogP contribution is 2.39. The van der Waals surface area contributed by atoms with Crippen molar-refractivity contribution in [3.63, 3.8) is 0 Å². The van der Waals surface area contributed by atoms with Gasteiger partial charge in [0.25, 0.3) is 11.8 Å². The number of hydrogen-bond acceptors (Lipinski definition) is 18. The third kappa shape index (κ3) is 11.1. The molecule has 65 heavy (non-hydrogen) atoms. The minimum absolute atomic E-state index is 0.0440. The summed E-state index contributed by atoms with van der Waals surface area (Å²) in [5, 5.41) is 38.9. The van der Waals surface area contributed by atoms with Gasteiger partial charge in [0.1, 0.15) is 60.6 Å². The fourth-order valence-electron chi connectivity index (χ4n) is 7.66. The molecule has 7 rings (SSSR count). The Kier molecular flexibility index (Phi) is 16.1. The molecule has 348 valence electrons. The van der Waals surface area contributed by atoms with E-state index in [9.17, 15) is 39.3 Å². The van der Waals surface area contributed by atoms with Gasteiger partial charge >= 0.3 is 0 Å². The number of benzene rings is 2. The molecule has 6 atom stereocenters. The van der Waals surface area contributed by atoms with E-state index in [1.807, 2.05) is 0 Å². The largest absolute Gasteiger partial charge is 0.484 e. The molecule has 0 bridgehead atoms. The Balaban J connectivity index is 0.704. The van der Waals surface area contributed by atoms with E-state index in [0.29, 0.717) is 82.5 Å². The summed E-state index contributed by atoms with van der Waals surface area (Å²) in [6.45, 7) is 2.70. The predicted octanol–water partition coefficient (Wildman–Crippen LogP) is 1.33. The van der Waals surface area contributed by atoms with Gasteiger partial charge in [0.2, 0.25) is 11.8 Å². The summed E-state index contributed by atoms with van der Waals surface area (Å²) in [5.74, 6) is -2.06. The molecule has 3 aliphatic heterocycles. The summed E-state index contributed by atoms with van der Waals surface area (Å²) in [5.41, 5.74) is 7.42. The number of ketones is 1. The Morgan fingerprint density at radius 2 is 1.66 bits per heavy atom. The van der Waals surface area contributed by atoms with Crippen molar-refractivity contribution in [2.75, 3.05) is 77.1 Å². The van der Waals surface area contributed by atoms with Crippen LogP contribution >= 0.6 is 11.6 Å². The lowest BCUT2D eigenvalue weighted by molar-refractivity contribution is -0.136. The number of fused-ring (bicyclic) bond motifs is 2. The quantitative estimate of drug-likeness (QED) is 0.0427. The summed E-state index contributed by atoms with van der Waals surface area (Å²) in [7, 11) is 0. The number of nitrogen functional groups attached to an aromatic ring is 1. The molecule has 0 spiro atoms. The van der Waals surface area contributed by atoms with Crippen molar-refractivity contribution in [2.45, 2.75) is 62.4 Å². The third-order valence-corrected chi connectivity index (χ3v) is 11.3. The first-order chi connectivity index (χ1) is 31.4. The van der Waals surface area contributed by atoms with Crippen LogP contribution in [0.4, 0.5) is 11.5 Å². The van der Waals surface area contributed by atoms with E-state index in [1.54, 1.807) is 24.4 Å². The van der Waals surface area contributed by atoms with Crippen LogP contribution in [0.5, 0.6) is 5.75 Å². The monoisotopic (exact) mass is 923 g/mol. The fraction of sp³-hybridized carbons (Fsp3) is 0.465. The van der Waals surface area contributed by atoms with E-state index in [-0.39, 0.29) is 64.9 Å². The first-order valence-electron chi connectivity index (χ1n) is 21.0. The number of imide groups is 2. The lowest BCUT2D eigenvalue weighted by Crippen LogP contribution is -2.54. The molecule has 2 aromatic heterocycles. The number of aliphatic hydroxyl groups is 3. The smallest absolute Gasteiger partial charge is 0.264 e. The molecule has 2 saturated heterocycles. The minimum Gasteiger partial charge on any atom is -0.484 e. The van der Waals surface area contributed by atoms with Crippen LogP contribution in [0.3, 0.4) is 0 Å². The lowest BCUT2D eigenvalue weighted by Gasteiger charge is -2.27. The van der Waals surface area contributed by atoms with Crippen LogP contribution in [-0.2, 0) is 38.1 Å². The average molecular weight is 924 g/mol. The van der Waals surface area contributed by atoms with E-state index < -0.39 is 60.3 Å². The maximum Gasteiger partial charge on any atom is 0.264 e. The summed E-state index contributed by atoms with van der Waals surface area (Å²) in [4.78, 5) is 71.7. The van der Waals surface area contributed by atoms with E-state index in [0.717, 1.165) is 4.90 Å². The molecule has 3 aliphatic rings. The number of carbonyl (C=O) groups excluding carboxylic acids is 5. The first kappa shape index (κ1) is 47.3. The van der Waals surface area contributed by atoms with E-state index >= 15 is 0 Å². The number of aromatic nitrogens is 3. The predicted molar refractivity (Wildman–Crippen MR) is 229 cm³/mol. The number of Topliss-reactive ketones (excluding diaryl/α,β-unsaturated/α-hetero) is 1. The highest BCUT2D eigenvalue weighted by molar-refractivity contribution is 6.32. The van der Waals surface area contributed by atoms with E-state index in [4.69, 9.17) is 45.8 Å². The molecular weight excluding hydrogens is 874 g/mol. The fourth-order valence-corrected chi connectivity index (χ4v) is 7.83. The maximum absolute atomic E-state index is 13.2. The van der Waals surface area contributed by atoms with E-state index in [1.165, 1.54) is 35.2 Å². The number of halogens is 1. The van der Waals surface area contributed by atoms with Gasteiger partial charge in [-0.1, -0.05) is 23.7 Å². The van der Waals surface area contributed by atoms with E-state index in [2.05, 4.69) is 20.6 Å². The van der Waals surface area contributed by atoms with Gasteiger partial charge in [-0.15, -0.1) is 0 Å². The normalized spacial score (nSPS) is 21.2. The number of hydrogen-bond donors (Lipinski definition) is 6. The number of piperidine rings is 1. The van der Waals surface area contributed by atoms with Crippen molar-refractivity contribution in [1.82, 2.24) is 24.8 Å². The van der Waals surface area contributed by atoms with Crippen LogP contribution in [0.1, 0.15) is 64.3 Å². The molecule has 22 heteroatoms. The molecule has 2 fully saturated rings. The molecule has 7 N–H and O–H groups in total. The lowest BCUT2D eigenvalue weighted by atomic mass is 9.99. The molecule has 4 amide bonds. The Morgan fingerprint density at radius 3 is 2.40 bits per heavy atom. The second-order valence-electron chi connectivity index (χ2n) is 15.3. The van der Waals surface area contributed by atoms with Crippen LogP contribution in [-0.4, -0.2) is 155 Å². The number of aliphatic hydroxyl groups excluding tert-OH is 3. The second kappa shape index (κ2) is 22.0. The highest BCUT2D eigenvalue weighted by Gasteiger charge is 2.48. The molecule has 0 radical (unpaired) electrons. The van der Waals surface area contributed by atoms with Crippen LogP contribution in [0, 0.1) is 0 Å². The molecule has 21 nitrogen and oxygen atoms in total. The van der Waals surface area contributed by atoms with Gasteiger partial charge in [-0.25, -0.2) is 9.97 Å². The van der Waals surface area contributed by atoms with Crippen molar-refractivity contribution in [1.29, 1.82) is 0 Å². The summed E-state index contributed by atoms with van der Waals surface area (Å²) < 4.78 is 35.3. The summed E-state index contributed by atoms with van der Waals surface area (Å²) in [6, 6.07) is 9.95. The van der Waals surface area contributed by atoms with Gasteiger partial charge in [-0.3, -0.25) is 34.2 Å². The number of ether oxygens (including phenoxy) is 6. The number of nitrogens with zero attached hydrogens (tertiary/aromatic N) is 4. The van der Waals surface area contributed by atoms with Crippen molar-refractivity contribution in [3.8, 4) is 5.75 Å². The van der Waals surface area contributed by atoms with Gasteiger partial charge in [0.15, 0.2) is 12.0 Å². The van der Waals surface area contributed by atoms with Gasteiger partial charge in [0.05, 0.1) is 67.8 Å². The van der Waals surface area contributed by atoms with Crippen molar-refractivity contribution < 1.29 is 67.7 Å². The number of carbonyl (C=O) groups is 5. The zero-order valence-electron chi connectivity index (χ0n) is 35.1. The van der Waals surface area contributed by atoms with Crippen molar-refractivity contribution >= 4 is 63.6 Å². The Labute approximate surface area is 377 Å². The zero-order valence-corrected chi connectivity index (χ0v) is 35.9. The van der Waals surface area contributed by atoms with Crippen LogP contribution in [0.15, 0.2) is 55.0 Å². The van der Waals surface area contributed by atoms with Crippen LogP contribution in [0.2, 0.25) is 5.02 Å². The Hall–Kier alpha value is -5.62. The molecule has 4 aromatic rings. The van der Waals surface area contributed by atoms with Gasteiger partial charge in [0, 0.05) is 37.9 Å². The number of nitrogens with two attached hydrogens (primary N) is 1. The maximum atomic E-state index is 13.2. The topological polar surface area (TPSA) is 285 Å². The number of rotatable bonds is 24. The van der Waals surface area contributed by atoms with Crippen LogP contribution in [0.25, 0.3) is 11.0 Å². The zero-order chi connectivity index (χ0) is 46.0. The SMILES string of the molecule is Nc1ncnc2c1ccn2[C@@H]1O[C@H]([C@H](O)c2ccc(Cl)c(OCC(=O)CCCOCCOCCOCCOCCNc3cccc4c3C(=O)N(C3CCC(=O)NC3=O)C4=O)c2)[C@@H](O)[C@H]1O. The second-order valence-corrected chi connectivity index (χ2v) is 15.7. The summed E-state index contributed by atoms with van der Waals surface area (Å²) >= 11 is 6.32. The number of nitrogens with one attached hydrogen (secondary N) is 2. The van der Waals surface area contributed by atoms with Gasteiger partial charge < -0.3 is 59.4 Å². The molecule has 2 aromatic carbocycles. The minimum atomic E-state index is -1.46. The van der Waals surface area contributed by atoms with Crippen molar-refractivity contribution in [2.24, 2.45) is 0 Å². The van der Waals surface area contributed by atoms with Crippen LogP contribution < -0.4 is 21.1 Å². The Bertz CT molecular complexity index is 2370. The highest BCUT2D eigenvalue weighted by atomic mass is 35.5. The molecule has 1 unspecified atom stereocenters. The standard InChI is InChI=1S/C43H50ClN7O14/c44-28-7-6-24(34(54)37-35(55)36(56)43(65-37)50-12-10-27-38(45)47-23-48-39(27)50)21-31(28)64-22-25(52)3-2-13-60-15-17-62-19-20-63-18-16-61-14-11-46-29-5-1-4-26-33(29)42(59)51(41(26)58)30-8-9-32(53)49-40(30)57/h1,4-7,10,12,21,23,30,34-37,43,46,54-56H,2-3,8-9,11,13-20,22H2,(H2,45,47,48)(H,49,53,57)/t30?,34-,35+,36-,37-,43-/m1/s1. The van der Waals surface area contributed by atoms with Crippen molar-refractivity contribution in [3.05, 3.63) is 76.7 Å². The first-order valence-corrected chi connectivity index (χ1v) is 21.4. The molecule has 5 heterocycles. The third-order valence-electron chi connectivity index (χ3n) is 11.0. The molecular formula is C43H50ClN7O14. The van der Waals surface area contributed by atoms with Gasteiger partial charge in [-0.05, 0) is 48.7 Å². The van der Waals surface area contributed by atoms with Gasteiger partial charge in [-0.2, -0.15) is 0 Å². The molecule has 0 aliphatic carbocycles. The number of anilines is 2. The average Bonchev–Trinajstić information content (AvgIpc) is 3.94. The Morgan fingerprint density at radius 1 is 0.938 bits per heavy atom. The number of amides is 4. The molecule has 0 saturated carbocycles. The summed E-state index contributed by atoms with van der Waals surface area (Å²) in [6.07, 6.45) is -2.91.